The van der Waals surface area contributed by atoms with Gasteiger partial charge in [-0.25, -0.2) is 9.97 Å². The van der Waals surface area contributed by atoms with Crippen LogP contribution in [0.5, 0.6) is 0 Å². The minimum Gasteiger partial charge on any atom is -0.379 e. The third-order valence-electron chi connectivity index (χ3n) is 5.35. The van der Waals surface area contributed by atoms with Crippen LogP contribution < -0.4 is 10.6 Å². The second-order valence-corrected chi connectivity index (χ2v) is 8.49. The second-order valence-electron chi connectivity index (χ2n) is 7.62. The predicted molar refractivity (Wildman–Crippen MR) is 123 cm³/mol. The van der Waals surface area contributed by atoms with E-state index in [4.69, 9.17) is 23.2 Å². The Bertz CT molecular complexity index is 1270. The summed E-state index contributed by atoms with van der Waals surface area (Å²) in [7, 11) is 0. The molecule has 1 amide bonds. The molecule has 31 heavy (non-hydrogen) atoms. The molecule has 2 atom stereocenters. The molecule has 0 aliphatic heterocycles. The molecule has 6 nitrogen and oxygen atoms in total. The number of anilines is 2. The van der Waals surface area contributed by atoms with Crippen molar-refractivity contribution in [1.29, 1.82) is 0 Å². The van der Waals surface area contributed by atoms with Crippen LogP contribution in [0.2, 0.25) is 10.0 Å². The maximum atomic E-state index is 12.6. The number of imidazole rings is 1. The number of carbonyl (C=O) groups is 1. The van der Waals surface area contributed by atoms with E-state index < -0.39 is 0 Å². The lowest BCUT2D eigenvalue weighted by atomic mass is 10.1. The van der Waals surface area contributed by atoms with E-state index in [1.54, 1.807) is 6.20 Å². The highest BCUT2D eigenvalue weighted by atomic mass is 35.5. The molecule has 1 saturated carbocycles. The lowest BCUT2D eigenvalue weighted by molar-refractivity contribution is -0.117. The smallest absolute Gasteiger partial charge is 0.229 e. The Labute approximate surface area is 189 Å². The molecule has 0 radical (unpaired) electrons. The molecule has 0 spiro atoms. The molecule has 1 aliphatic carbocycles. The standard InChI is InChI=1S/C23H19Cl2N5O/c24-15-3-1-2-14(8-15)19-10-20(19)23(31)29-21-9-17(6-7-26-21)27-11-18-13-30-12-16(25)4-5-22(30)28-18/h1-9,12-13,19-20H,10-11H2,(H2,26,27,29,31)/t19-,20+/m1/s1. The Kier molecular flexibility index (Phi) is 5.26. The Morgan fingerprint density at radius 3 is 2.87 bits per heavy atom. The third kappa shape index (κ3) is 4.50. The van der Waals surface area contributed by atoms with Gasteiger partial charge in [-0.15, -0.1) is 0 Å². The first-order valence-corrected chi connectivity index (χ1v) is 10.7. The third-order valence-corrected chi connectivity index (χ3v) is 5.81. The number of fused-ring (bicyclic) bond motifs is 1. The molecule has 8 heteroatoms. The van der Waals surface area contributed by atoms with E-state index >= 15 is 0 Å². The van der Waals surface area contributed by atoms with Crippen LogP contribution in [-0.4, -0.2) is 20.3 Å². The maximum absolute atomic E-state index is 12.6. The first kappa shape index (κ1) is 19.8. The van der Waals surface area contributed by atoms with Crippen LogP contribution in [0.15, 0.2) is 67.1 Å². The van der Waals surface area contributed by atoms with Crippen LogP contribution in [0.25, 0.3) is 5.65 Å². The van der Waals surface area contributed by atoms with E-state index in [9.17, 15) is 4.79 Å². The summed E-state index contributed by atoms with van der Waals surface area (Å²) in [6, 6.07) is 15.1. The average molecular weight is 452 g/mol. The van der Waals surface area contributed by atoms with Crippen molar-refractivity contribution in [1.82, 2.24) is 14.4 Å². The van der Waals surface area contributed by atoms with Crippen LogP contribution in [0, 0.1) is 5.92 Å². The fraction of sp³-hybridized carbons (Fsp3) is 0.174. The first-order valence-electron chi connectivity index (χ1n) is 9.94. The van der Waals surface area contributed by atoms with Crippen LogP contribution in [0.3, 0.4) is 0 Å². The highest BCUT2D eigenvalue weighted by molar-refractivity contribution is 6.30. The lowest BCUT2D eigenvalue weighted by Gasteiger charge is -2.08. The molecule has 2 N–H and O–H groups in total. The fourth-order valence-corrected chi connectivity index (χ4v) is 4.08. The van der Waals surface area contributed by atoms with Crippen LogP contribution in [-0.2, 0) is 11.3 Å². The van der Waals surface area contributed by atoms with E-state index in [-0.39, 0.29) is 17.7 Å². The van der Waals surface area contributed by atoms with Gasteiger partial charge in [0, 0.05) is 41.3 Å². The zero-order valence-corrected chi connectivity index (χ0v) is 17.9. The van der Waals surface area contributed by atoms with Crippen molar-refractivity contribution in [3.05, 3.63) is 88.4 Å². The van der Waals surface area contributed by atoms with Gasteiger partial charge in [-0.2, -0.15) is 0 Å². The van der Waals surface area contributed by atoms with Crippen LogP contribution >= 0.6 is 23.2 Å². The molecule has 1 aliphatic rings. The fourth-order valence-electron chi connectivity index (χ4n) is 3.71. The number of hydrogen-bond acceptors (Lipinski definition) is 4. The van der Waals surface area contributed by atoms with E-state index in [2.05, 4.69) is 20.6 Å². The summed E-state index contributed by atoms with van der Waals surface area (Å²) in [6.45, 7) is 0.538. The quantitative estimate of drug-likeness (QED) is 0.412. The van der Waals surface area contributed by atoms with Crippen LogP contribution in [0.1, 0.15) is 23.6 Å². The highest BCUT2D eigenvalue weighted by Gasteiger charge is 2.44. The Balaban J connectivity index is 1.20. The highest BCUT2D eigenvalue weighted by Crippen LogP contribution is 2.48. The Hall–Kier alpha value is -3.09. The number of amides is 1. The summed E-state index contributed by atoms with van der Waals surface area (Å²) in [5.41, 5.74) is 3.67. The van der Waals surface area contributed by atoms with Gasteiger partial charge < -0.3 is 15.0 Å². The van der Waals surface area contributed by atoms with E-state index in [0.29, 0.717) is 22.4 Å². The maximum Gasteiger partial charge on any atom is 0.229 e. The van der Waals surface area contributed by atoms with Gasteiger partial charge in [0.1, 0.15) is 11.5 Å². The summed E-state index contributed by atoms with van der Waals surface area (Å²) in [5.74, 6) is 0.658. The second kappa shape index (κ2) is 8.21. The molecule has 0 bridgehead atoms. The number of halogens is 2. The van der Waals surface area contributed by atoms with E-state index in [1.807, 2.05) is 65.3 Å². The van der Waals surface area contributed by atoms with Crippen molar-refractivity contribution in [3.63, 3.8) is 0 Å². The number of rotatable bonds is 6. The van der Waals surface area contributed by atoms with Crippen molar-refractivity contribution in [2.45, 2.75) is 18.9 Å². The van der Waals surface area contributed by atoms with Gasteiger partial charge in [0.25, 0.3) is 0 Å². The van der Waals surface area contributed by atoms with Crippen molar-refractivity contribution in [2.75, 3.05) is 10.6 Å². The minimum atomic E-state index is -0.0540. The molecule has 1 fully saturated rings. The Morgan fingerprint density at radius 2 is 2.00 bits per heavy atom. The number of aromatic nitrogens is 3. The molecular formula is C23H19Cl2N5O. The largest absolute Gasteiger partial charge is 0.379 e. The number of benzene rings is 1. The summed E-state index contributed by atoms with van der Waals surface area (Å²) >= 11 is 12.1. The lowest BCUT2D eigenvalue weighted by Crippen LogP contribution is -2.15. The topological polar surface area (TPSA) is 71.3 Å². The summed E-state index contributed by atoms with van der Waals surface area (Å²) in [5, 5.41) is 7.60. The van der Waals surface area contributed by atoms with Gasteiger partial charge in [-0.3, -0.25) is 4.79 Å². The molecule has 156 valence electrons. The molecule has 3 heterocycles. The molecule has 4 aromatic rings. The number of carbonyl (C=O) groups excluding carboxylic acids is 1. The number of nitrogens with one attached hydrogen (secondary N) is 2. The SMILES string of the molecule is O=C(Nc1cc(NCc2cn3cc(Cl)ccc3n2)ccn1)[C@H]1C[C@@H]1c1cccc(Cl)c1. The molecule has 0 unspecified atom stereocenters. The number of pyridine rings is 2. The predicted octanol–water partition coefficient (Wildman–Crippen LogP) is 5.39. The van der Waals surface area contributed by atoms with Gasteiger partial charge in [-0.05, 0) is 48.2 Å². The van der Waals surface area contributed by atoms with E-state index in [1.165, 1.54) is 0 Å². The van der Waals surface area contributed by atoms with Gasteiger partial charge >= 0.3 is 0 Å². The minimum absolute atomic E-state index is 0.0214. The zero-order chi connectivity index (χ0) is 21.4. The summed E-state index contributed by atoms with van der Waals surface area (Å²) < 4.78 is 1.89. The van der Waals surface area contributed by atoms with Gasteiger partial charge in [0.05, 0.1) is 17.3 Å². The van der Waals surface area contributed by atoms with Crippen molar-refractivity contribution < 1.29 is 4.79 Å². The van der Waals surface area contributed by atoms with E-state index in [0.717, 1.165) is 29.0 Å². The molecular weight excluding hydrogens is 433 g/mol. The summed E-state index contributed by atoms with van der Waals surface area (Å²) in [6.07, 6.45) is 6.24. The monoisotopic (exact) mass is 451 g/mol. The molecule has 1 aromatic carbocycles. The molecule has 3 aromatic heterocycles. The van der Waals surface area contributed by atoms with Gasteiger partial charge in [0.2, 0.25) is 5.91 Å². The van der Waals surface area contributed by atoms with Crippen molar-refractivity contribution in [3.8, 4) is 0 Å². The van der Waals surface area contributed by atoms with Crippen LogP contribution in [0.4, 0.5) is 11.5 Å². The number of nitrogens with zero attached hydrogens (tertiary/aromatic N) is 3. The normalized spacial score (nSPS) is 17.5. The summed E-state index contributed by atoms with van der Waals surface area (Å²) in [4.78, 5) is 21.5. The number of hydrogen-bond donors (Lipinski definition) is 2. The average Bonchev–Trinajstić information content (AvgIpc) is 3.46. The van der Waals surface area contributed by atoms with Gasteiger partial charge in [-0.1, -0.05) is 35.3 Å². The van der Waals surface area contributed by atoms with Crippen molar-refractivity contribution >= 4 is 46.3 Å². The zero-order valence-electron chi connectivity index (χ0n) is 16.4. The Morgan fingerprint density at radius 1 is 1.10 bits per heavy atom. The molecule has 5 rings (SSSR count). The first-order chi connectivity index (χ1) is 15.0. The van der Waals surface area contributed by atoms with Gasteiger partial charge in [0.15, 0.2) is 0 Å². The molecule has 0 saturated heterocycles. The van der Waals surface area contributed by atoms with Crippen molar-refractivity contribution in [2.24, 2.45) is 5.92 Å².